The Morgan fingerprint density at radius 3 is 2.76 bits per heavy atom. The summed E-state index contributed by atoms with van der Waals surface area (Å²) in [6, 6.07) is 3.50. The summed E-state index contributed by atoms with van der Waals surface area (Å²) in [5.41, 5.74) is 1.03. The summed E-state index contributed by atoms with van der Waals surface area (Å²) in [7, 11) is 2.21. The highest BCUT2D eigenvalue weighted by Crippen LogP contribution is 2.20. The second-order valence-electron chi connectivity index (χ2n) is 6.52. The van der Waals surface area contributed by atoms with Gasteiger partial charge in [0.05, 0.1) is 12.2 Å². The quantitative estimate of drug-likeness (QED) is 0.831. The van der Waals surface area contributed by atoms with Crippen LogP contribution >= 0.6 is 0 Å². The SMILES string of the molecule is CCN1CCC(N(C)Cc2cc(CNC3CC3)no2)CC1. The lowest BCUT2D eigenvalue weighted by Gasteiger charge is -2.35. The van der Waals surface area contributed by atoms with Gasteiger partial charge in [-0.05, 0) is 52.4 Å². The summed E-state index contributed by atoms with van der Waals surface area (Å²) in [5, 5.41) is 7.64. The van der Waals surface area contributed by atoms with Crippen LogP contribution in [-0.4, -0.2) is 53.7 Å². The molecule has 0 aromatic carbocycles. The molecule has 1 aliphatic carbocycles. The topological polar surface area (TPSA) is 44.5 Å². The van der Waals surface area contributed by atoms with Crippen molar-refractivity contribution in [2.45, 2.75) is 57.8 Å². The fourth-order valence-electron chi connectivity index (χ4n) is 3.10. The van der Waals surface area contributed by atoms with Gasteiger partial charge in [-0.3, -0.25) is 4.90 Å². The highest BCUT2D eigenvalue weighted by atomic mass is 16.5. The van der Waals surface area contributed by atoms with E-state index in [0.717, 1.165) is 30.6 Å². The molecule has 1 aromatic rings. The minimum atomic E-state index is 0.672. The molecule has 0 radical (unpaired) electrons. The van der Waals surface area contributed by atoms with Gasteiger partial charge in [-0.25, -0.2) is 0 Å². The number of nitrogens with one attached hydrogen (secondary N) is 1. The van der Waals surface area contributed by atoms with Gasteiger partial charge in [0.25, 0.3) is 0 Å². The van der Waals surface area contributed by atoms with Crippen molar-refractivity contribution >= 4 is 0 Å². The Morgan fingerprint density at radius 2 is 2.10 bits per heavy atom. The van der Waals surface area contributed by atoms with E-state index in [1.165, 1.54) is 45.3 Å². The summed E-state index contributed by atoms with van der Waals surface area (Å²) in [4.78, 5) is 4.95. The van der Waals surface area contributed by atoms with Crippen LogP contribution in [0.5, 0.6) is 0 Å². The first-order valence-corrected chi connectivity index (χ1v) is 8.35. The molecule has 3 rings (SSSR count). The summed E-state index contributed by atoms with van der Waals surface area (Å²) >= 11 is 0. The van der Waals surface area contributed by atoms with Crippen molar-refractivity contribution in [1.82, 2.24) is 20.3 Å². The Hall–Kier alpha value is -0.910. The standard InChI is InChI=1S/C16H28N4O/c1-3-20-8-6-15(7-9-20)19(2)12-16-10-14(18-21-16)11-17-13-4-5-13/h10,13,15,17H,3-9,11-12H2,1-2H3. The van der Waals surface area contributed by atoms with Gasteiger partial charge in [0.1, 0.15) is 0 Å². The Morgan fingerprint density at radius 1 is 1.33 bits per heavy atom. The van der Waals surface area contributed by atoms with Crippen molar-refractivity contribution in [3.05, 3.63) is 17.5 Å². The van der Waals surface area contributed by atoms with Crippen molar-refractivity contribution in [3.63, 3.8) is 0 Å². The molecule has 0 amide bonds. The molecule has 2 heterocycles. The minimum absolute atomic E-state index is 0.672. The molecule has 0 bridgehead atoms. The fraction of sp³-hybridized carbons (Fsp3) is 0.812. The lowest BCUT2D eigenvalue weighted by Crippen LogP contribution is -2.42. The van der Waals surface area contributed by atoms with E-state index in [4.69, 9.17) is 4.52 Å². The molecule has 1 saturated carbocycles. The van der Waals surface area contributed by atoms with E-state index in [2.05, 4.69) is 40.3 Å². The number of nitrogens with zero attached hydrogens (tertiary/aromatic N) is 3. The smallest absolute Gasteiger partial charge is 0.151 e. The third kappa shape index (κ3) is 4.28. The molecule has 0 atom stereocenters. The first-order valence-electron chi connectivity index (χ1n) is 8.35. The van der Waals surface area contributed by atoms with Crippen molar-refractivity contribution in [1.29, 1.82) is 0 Å². The van der Waals surface area contributed by atoms with Crippen molar-refractivity contribution in [3.8, 4) is 0 Å². The zero-order chi connectivity index (χ0) is 14.7. The van der Waals surface area contributed by atoms with E-state index in [1.54, 1.807) is 0 Å². The van der Waals surface area contributed by atoms with Crippen LogP contribution in [0.15, 0.2) is 10.6 Å². The number of aromatic nitrogens is 1. The van der Waals surface area contributed by atoms with Crippen LogP contribution in [0.3, 0.4) is 0 Å². The van der Waals surface area contributed by atoms with E-state index in [-0.39, 0.29) is 0 Å². The zero-order valence-electron chi connectivity index (χ0n) is 13.3. The van der Waals surface area contributed by atoms with E-state index in [1.807, 2.05) is 0 Å². The van der Waals surface area contributed by atoms with Gasteiger partial charge in [-0.15, -0.1) is 0 Å². The van der Waals surface area contributed by atoms with Crippen LogP contribution in [0.2, 0.25) is 0 Å². The molecule has 5 heteroatoms. The number of hydrogen-bond donors (Lipinski definition) is 1. The Bertz CT molecular complexity index is 435. The number of rotatable bonds is 7. The minimum Gasteiger partial charge on any atom is -0.360 e. The molecule has 1 N–H and O–H groups in total. The number of hydrogen-bond acceptors (Lipinski definition) is 5. The van der Waals surface area contributed by atoms with Gasteiger partial charge in [-0.1, -0.05) is 12.1 Å². The second-order valence-corrected chi connectivity index (χ2v) is 6.52. The lowest BCUT2D eigenvalue weighted by molar-refractivity contribution is 0.119. The first kappa shape index (κ1) is 15.0. The average Bonchev–Trinajstić information content (AvgIpc) is 3.25. The molecule has 2 fully saturated rings. The predicted octanol–water partition coefficient (Wildman–Crippen LogP) is 1.84. The summed E-state index contributed by atoms with van der Waals surface area (Å²) in [6.07, 6.45) is 5.14. The van der Waals surface area contributed by atoms with E-state index in [9.17, 15) is 0 Å². The molecule has 0 unspecified atom stereocenters. The zero-order valence-corrected chi connectivity index (χ0v) is 13.3. The third-order valence-corrected chi connectivity index (χ3v) is 4.79. The van der Waals surface area contributed by atoms with Gasteiger partial charge in [-0.2, -0.15) is 0 Å². The Kier molecular flexibility index (Phi) is 4.93. The van der Waals surface area contributed by atoms with Crippen LogP contribution in [0.25, 0.3) is 0 Å². The van der Waals surface area contributed by atoms with E-state index in [0.29, 0.717) is 6.04 Å². The maximum Gasteiger partial charge on any atom is 0.151 e. The highest BCUT2D eigenvalue weighted by molar-refractivity contribution is 5.06. The second kappa shape index (κ2) is 6.90. The Balaban J connectivity index is 1.44. The van der Waals surface area contributed by atoms with Gasteiger partial charge in [0, 0.05) is 24.7 Å². The summed E-state index contributed by atoms with van der Waals surface area (Å²) < 4.78 is 5.48. The maximum atomic E-state index is 5.48. The van der Waals surface area contributed by atoms with Crippen LogP contribution in [0.1, 0.15) is 44.1 Å². The van der Waals surface area contributed by atoms with Gasteiger partial charge >= 0.3 is 0 Å². The molecule has 1 saturated heterocycles. The first-order chi connectivity index (χ1) is 10.2. The molecule has 0 spiro atoms. The summed E-state index contributed by atoms with van der Waals surface area (Å²) in [5.74, 6) is 0.989. The monoisotopic (exact) mass is 292 g/mol. The van der Waals surface area contributed by atoms with Crippen molar-refractivity contribution in [2.75, 3.05) is 26.7 Å². The molecule has 2 aliphatic rings. The van der Waals surface area contributed by atoms with E-state index >= 15 is 0 Å². The number of likely N-dealkylation sites (tertiary alicyclic amines) is 1. The highest BCUT2D eigenvalue weighted by Gasteiger charge is 2.23. The molecule has 1 aromatic heterocycles. The lowest BCUT2D eigenvalue weighted by atomic mass is 10.0. The molecular formula is C16H28N4O. The Labute approximate surface area is 127 Å². The third-order valence-electron chi connectivity index (χ3n) is 4.79. The molecule has 118 valence electrons. The molecular weight excluding hydrogens is 264 g/mol. The van der Waals surface area contributed by atoms with Gasteiger partial charge < -0.3 is 14.7 Å². The predicted molar refractivity (Wildman–Crippen MR) is 83.0 cm³/mol. The summed E-state index contributed by atoms with van der Waals surface area (Å²) in [6.45, 7) is 7.57. The fourth-order valence-corrected chi connectivity index (χ4v) is 3.10. The normalized spacial score (nSPS) is 21.3. The van der Waals surface area contributed by atoms with Gasteiger partial charge in [0.2, 0.25) is 0 Å². The van der Waals surface area contributed by atoms with Gasteiger partial charge in [0.15, 0.2) is 5.76 Å². The van der Waals surface area contributed by atoms with Crippen LogP contribution in [0.4, 0.5) is 0 Å². The van der Waals surface area contributed by atoms with Crippen molar-refractivity contribution < 1.29 is 4.52 Å². The van der Waals surface area contributed by atoms with Crippen LogP contribution < -0.4 is 5.32 Å². The molecule has 5 nitrogen and oxygen atoms in total. The molecule has 21 heavy (non-hydrogen) atoms. The number of piperidine rings is 1. The van der Waals surface area contributed by atoms with Crippen LogP contribution in [-0.2, 0) is 13.1 Å². The van der Waals surface area contributed by atoms with Crippen molar-refractivity contribution in [2.24, 2.45) is 0 Å². The average molecular weight is 292 g/mol. The maximum absolute atomic E-state index is 5.48. The largest absolute Gasteiger partial charge is 0.360 e. The molecule has 1 aliphatic heterocycles. The van der Waals surface area contributed by atoms with Crippen LogP contribution in [0, 0.1) is 0 Å². The van der Waals surface area contributed by atoms with E-state index < -0.39 is 0 Å².